The highest BCUT2D eigenvalue weighted by molar-refractivity contribution is 5.85. The Morgan fingerprint density at radius 2 is 2.08 bits per heavy atom. The van der Waals surface area contributed by atoms with Gasteiger partial charge in [-0.1, -0.05) is 19.9 Å². The zero-order chi connectivity index (χ0) is 17.7. The van der Waals surface area contributed by atoms with Crippen LogP contribution in [0.1, 0.15) is 31.5 Å². The number of hydrogen-bond donors (Lipinski definition) is 2. The minimum Gasteiger partial charge on any atom is -0.368 e. The number of nitrogens with zero attached hydrogens (tertiary/aromatic N) is 4. The van der Waals surface area contributed by atoms with E-state index in [9.17, 15) is 4.79 Å². The molecule has 0 radical (unpaired) electrons. The number of primary amides is 1. The zero-order valence-corrected chi connectivity index (χ0v) is 14.3. The number of amides is 1. The summed E-state index contributed by atoms with van der Waals surface area (Å²) in [4.78, 5) is 26.7. The Balaban J connectivity index is 2.28. The van der Waals surface area contributed by atoms with E-state index in [4.69, 9.17) is 11.5 Å². The fraction of sp³-hybridized carbons (Fsp3) is 0.412. The van der Waals surface area contributed by atoms with Crippen LogP contribution in [-0.2, 0) is 16.9 Å². The van der Waals surface area contributed by atoms with Crippen LogP contribution in [0.2, 0.25) is 0 Å². The molecule has 0 aromatic carbocycles. The number of aromatic nitrogens is 3. The summed E-state index contributed by atoms with van der Waals surface area (Å²) in [5.41, 5.74) is 12.0. The first-order chi connectivity index (χ1) is 11.3. The van der Waals surface area contributed by atoms with Crippen LogP contribution in [-0.4, -0.2) is 27.9 Å². The molecule has 0 aliphatic rings. The third kappa shape index (κ3) is 4.05. The fourth-order valence-corrected chi connectivity index (χ4v) is 2.59. The third-order valence-electron chi connectivity index (χ3n) is 3.75. The van der Waals surface area contributed by atoms with Crippen molar-refractivity contribution in [3.8, 4) is 0 Å². The summed E-state index contributed by atoms with van der Waals surface area (Å²) in [6.07, 6.45) is 5.53. The van der Waals surface area contributed by atoms with Crippen LogP contribution in [0.3, 0.4) is 0 Å². The van der Waals surface area contributed by atoms with Gasteiger partial charge in [0.15, 0.2) is 0 Å². The average Bonchev–Trinajstić information content (AvgIpc) is 2.55. The molecule has 128 valence electrons. The Morgan fingerprint density at radius 3 is 2.67 bits per heavy atom. The number of rotatable bonds is 7. The van der Waals surface area contributed by atoms with Gasteiger partial charge in [-0.05, 0) is 30.0 Å². The molecule has 24 heavy (non-hydrogen) atoms. The van der Waals surface area contributed by atoms with E-state index in [1.54, 1.807) is 24.7 Å². The average molecular weight is 328 g/mol. The second kappa shape index (κ2) is 7.35. The Labute approximate surface area is 142 Å². The summed E-state index contributed by atoms with van der Waals surface area (Å²) >= 11 is 0. The highest BCUT2D eigenvalue weighted by Crippen LogP contribution is 2.25. The number of pyridine rings is 1. The summed E-state index contributed by atoms with van der Waals surface area (Å²) in [6, 6.07) is 5.50. The summed E-state index contributed by atoms with van der Waals surface area (Å²) < 4.78 is 0. The lowest BCUT2D eigenvalue weighted by Gasteiger charge is -2.28. The van der Waals surface area contributed by atoms with Crippen LogP contribution in [0.15, 0.2) is 36.8 Å². The number of nitrogens with two attached hydrogens (primary N) is 2. The monoisotopic (exact) mass is 328 g/mol. The van der Waals surface area contributed by atoms with Crippen molar-refractivity contribution in [3.05, 3.63) is 48.0 Å². The van der Waals surface area contributed by atoms with Gasteiger partial charge in [0.1, 0.15) is 5.54 Å². The normalized spacial score (nSPS) is 13.5. The molecule has 0 unspecified atom stereocenters. The van der Waals surface area contributed by atoms with Gasteiger partial charge in [0, 0.05) is 32.2 Å². The quantitative estimate of drug-likeness (QED) is 0.790. The lowest BCUT2D eigenvalue weighted by Crippen LogP contribution is -2.50. The fourth-order valence-electron chi connectivity index (χ4n) is 2.59. The number of carbonyl (C=O) groups excluding carboxylic acids is 1. The van der Waals surface area contributed by atoms with Crippen molar-refractivity contribution in [1.29, 1.82) is 0 Å². The molecule has 1 atom stereocenters. The Kier molecular flexibility index (Phi) is 5.46. The van der Waals surface area contributed by atoms with E-state index < -0.39 is 11.4 Å². The molecule has 7 nitrogen and oxygen atoms in total. The molecule has 0 spiro atoms. The summed E-state index contributed by atoms with van der Waals surface area (Å²) in [7, 11) is 1.87. The van der Waals surface area contributed by atoms with E-state index in [1.165, 1.54) is 0 Å². The standard InChI is InChI=1S/C17H24N6O/c1-12(2)9-17(19,15(18)24)14-6-8-21-16(22-14)23(3)11-13-5-4-7-20-10-13/h4-8,10,12H,9,11,19H2,1-3H3,(H2,18,24)/t17-/m1/s1. The lowest BCUT2D eigenvalue weighted by molar-refractivity contribution is -0.124. The first-order valence-electron chi connectivity index (χ1n) is 7.85. The molecule has 0 saturated carbocycles. The van der Waals surface area contributed by atoms with Crippen LogP contribution >= 0.6 is 0 Å². The van der Waals surface area contributed by atoms with Crippen LogP contribution in [0.25, 0.3) is 0 Å². The maximum atomic E-state index is 11.9. The molecular formula is C17H24N6O. The third-order valence-corrected chi connectivity index (χ3v) is 3.75. The van der Waals surface area contributed by atoms with Crippen LogP contribution in [0.5, 0.6) is 0 Å². The highest BCUT2D eigenvalue weighted by atomic mass is 16.1. The van der Waals surface area contributed by atoms with E-state index in [1.807, 2.05) is 37.9 Å². The van der Waals surface area contributed by atoms with E-state index in [0.717, 1.165) is 5.56 Å². The lowest BCUT2D eigenvalue weighted by atomic mass is 9.86. The van der Waals surface area contributed by atoms with Crippen molar-refractivity contribution in [3.63, 3.8) is 0 Å². The Hall–Kier alpha value is -2.54. The molecule has 0 aliphatic heterocycles. The van der Waals surface area contributed by atoms with E-state index in [-0.39, 0.29) is 5.92 Å². The maximum Gasteiger partial charge on any atom is 0.243 e. The van der Waals surface area contributed by atoms with Crippen molar-refractivity contribution < 1.29 is 4.79 Å². The van der Waals surface area contributed by atoms with Crippen LogP contribution in [0, 0.1) is 5.92 Å². The van der Waals surface area contributed by atoms with E-state index in [2.05, 4.69) is 15.0 Å². The summed E-state index contributed by atoms with van der Waals surface area (Å²) in [5.74, 6) is 0.0981. The van der Waals surface area contributed by atoms with Crippen molar-refractivity contribution in [1.82, 2.24) is 15.0 Å². The van der Waals surface area contributed by atoms with Gasteiger partial charge in [0.05, 0.1) is 5.69 Å². The van der Waals surface area contributed by atoms with Crippen molar-refractivity contribution in [2.24, 2.45) is 17.4 Å². The first-order valence-corrected chi connectivity index (χ1v) is 7.85. The molecule has 1 amide bonds. The molecule has 0 fully saturated rings. The second-order valence-electron chi connectivity index (χ2n) is 6.39. The zero-order valence-electron chi connectivity index (χ0n) is 14.3. The predicted molar refractivity (Wildman–Crippen MR) is 92.9 cm³/mol. The maximum absolute atomic E-state index is 11.9. The predicted octanol–water partition coefficient (Wildman–Crippen LogP) is 1.19. The van der Waals surface area contributed by atoms with E-state index in [0.29, 0.717) is 24.6 Å². The molecule has 0 aliphatic carbocycles. The number of anilines is 1. The van der Waals surface area contributed by atoms with Gasteiger partial charge in [-0.15, -0.1) is 0 Å². The minimum absolute atomic E-state index is 0.203. The van der Waals surface area contributed by atoms with Gasteiger partial charge in [-0.3, -0.25) is 9.78 Å². The molecule has 0 saturated heterocycles. The SMILES string of the molecule is CC(C)C[C@](N)(C(N)=O)c1ccnc(N(C)Cc2cccnc2)n1. The number of hydrogen-bond acceptors (Lipinski definition) is 6. The molecule has 0 bridgehead atoms. The largest absolute Gasteiger partial charge is 0.368 e. The summed E-state index contributed by atoms with van der Waals surface area (Å²) in [6.45, 7) is 4.57. The molecule has 2 aromatic rings. The van der Waals surface area contributed by atoms with Gasteiger partial charge in [-0.2, -0.15) is 0 Å². The molecule has 2 aromatic heterocycles. The minimum atomic E-state index is -1.30. The molecule has 4 N–H and O–H groups in total. The highest BCUT2D eigenvalue weighted by Gasteiger charge is 2.36. The molecule has 2 rings (SSSR count). The number of carbonyl (C=O) groups is 1. The molecule has 2 heterocycles. The van der Waals surface area contributed by atoms with Crippen LogP contribution < -0.4 is 16.4 Å². The van der Waals surface area contributed by atoms with Crippen molar-refractivity contribution in [2.45, 2.75) is 32.4 Å². The second-order valence-corrected chi connectivity index (χ2v) is 6.39. The van der Waals surface area contributed by atoms with Gasteiger partial charge in [0.2, 0.25) is 11.9 Å². The smallest absolute Gasteiger partial charge is 0.243 e. The Morgan fingerprint density at radius 1 is 1.33 bits per heavy atom. The topological polar surface area (TPSA) is 111 Å². The molecular weight excluding hydrogens is 304 g/mol. The summed E-state index contributed by atoms with van der Waals surface area (Å²) in [5, 5.41) is 0. The van der Waals surface area contributed by atoms with Crippen molar-refractivity contribution >= 4 is 11.9 Å². The van der Waals surface area contributed by atoms with Gasteiger partial charge >= 0.3 is 0 Å². The first kappa shape index (κ1) is 17.8. The Bertz CT molecular complexity index is 690. The van der Waals surface area contributed by atoms with Gasteiger partial charge in [0.25, 0.3) is 0 Å². The molecule has 7 heteroatoms. The van der Waals surface area contributed by atoms with Gasteiger partial charge in [-0.25, -0.2) is 9.97 Å². The van der Waals surface area contributed by atoms with Crippen LogP contribution in [0.4, 0.5) is 5.95 Å². The van der Waals surface area contributed by atoms with E-state index >= 15 is 0 Å². The van der Waals surface area contributed by atoms with Gasteiger partial charge < -0.3 is 16.4 Å². The van der Waals surface area contributed by atoms with Crippen molar-refractivity contribution in [2.75, 3.05) is 11.9 Å².